The van der Waals surface area contributed by atoms with E-state index in [4.69, 9.17) is 4.74 Å². The summed E-state index contributed by atoms with van der Waals surface area (Å²) in [7, 11) is 1.65. The van der Waals surface area contributed by atoms with Crippen molar-refractivity contribution in [1.29, 1.82) is 0 Å². The van der Waals surface area contributed by atoms with Gasteiger partial charge in [0.05, 0.1) is 12.8 Å². The highest BCUT2D eigenvalue weighted by Gasteiger charge is 2.10. The standard InChI is InChI=1S/C21H18N4O2/c1-14(26)16-5-3-6-17(13-16)22-21-23-20-8-4-7-19(25(20)24-21)15-9-11-18(27-2)12-10-15/h3-13H,1-2H3,(H,22,24). The van der Waals surface area contributed by atoms with Crippen molar-refractivity contribution in [2.45, 2.75) is 6.92 Å². The zero-order valence-electron chi connectivity index (χ0n) is 15.0. The summed E-state index contributed by atoms with van der Waals surface area (Å²) in [6.07, 6.45) is 0. The van der Waals surface area contributed by atoms with Crippen LogP contribution in [-0.4, -0.2) is 27.5 Å². The lowest BCUT2D eigenvalue weighted by Crippen LogP contribution is -1.97. The SMILES string of the molecule is COc1ccc(-c2cccc3nc(Nc4cccc(C(C)=O)c4)nn23)cc1. The number of ether oxygens (including phenoxy) is 1. The lowest BCUT2D eigenvalue weighted by Gasteiger charge is -2.05. The highest BCUT2D eigenvalue weighted by Crippen LogP contribution is 2.24. The molecular formula is C21H18N4O2. The van der Waals surface area contributed by atoms with Gasteiger partial charge < -0.3 is 10.1 Å². The molecule has 0 aliphatic rings. The number of benzene rings is 2. The van der Waals surface area contributed by atoms with Crippen molar-refractivity contribution in [2.24, 2.45) is 0 Å². The van der Waals surface area contributed by atoms with Crippen LogP contribution in [0, 0.1) is 0 Å². The normalized spacial score (nSPS) is 10.7. The third-order valence-corrected chi connectivity index (χ3v) is 4.27. The van der Waals surface area contributed by atoms with Gasteiger partial charge in [-0.25, -0.2) is 4.52 Å². The second kappa shape index (κ2) is 6.92. The molecule has 0 saturated carbocycles. The van der Waals surface area contributed by atoms with Gasteiger partial charge in [-0.05, 0) is 55.5 Å². The number of anilines is 2. The van der Waals surface area contributed by atoms with Crippen LogP contribution in [-0.2, 0) is 0 Å². The number of ketones is 1. The van der Waals surface area contributed by atoms with Crippen molar-refractivity contribution in [2.75, 3.05) is 12.4 Å². The maximum absolute atomic E-state index is 11.6. The van der Waals surface area contributed by atoms with E-state index < -0.39 is 0 Å². The molecule has 0 unspecified atom stereocenters. The molecule has 2 heterocycles. The van der Waals surface area contributed by atoms with Crippen LogP contribution < -0.4 is 10.1 Å². The van der Waals surface area contributed by atoms with Crippen LogP contribution in [0.1, 0.15) is 17.3 Å². The maximum Gasteiger partial charge on any atom is 0.247 e. The van der Waals surface area contributed by atoms with E-state index in [9.17, 15) is 4.79 Å². The van der Waals surface area contributed by atoms with Gasteiger partial charge in [0, 0.05) is 16.8 Å². The number of hydrogen-bond acceptors (Lipinski definition) is 5. The fraction of sp³-hybridized carbons (Fsp3) is 0.0952. The van der Waals surface area contributed by atoms with Crippen molar-refractivity contribution in [3.05, 3.63) is 72.3 Å². The Morgan fingerprint density at radius 1 is 1.04 bits per heavy atom. The first-order valence-electron chi connectivity index (χ1n) is 8.52. The molecule has 4 rings (SSSR count). The quantitative estimate of drug-likeness (QED) is 0.537. The molecule has 0 saturated heterocycles. The van der Waals surface area contributed by atoms with E-state index in [1.165, 1.54) is 0 Å². The number of nitrogens with zero attached hydrogens (tertiary/aromatic N) is 3. The van der Waals surface area contributed by atoms with Gasteiger partial charge in [-0.3, -0.25) is 4.79 Å². The minimum Gasteiger partial charge on any atom is -0.497 e. The van der Waals surface area contributed by atoms with Gasteiger partial charge in [-0.15, -0.1) is 5.10 Å². The topological polar surface area (TPSA) is 68.5 Å². The van der Waals surface area contributed by atoms with Crippen molar-refractivity contribution in [3.8, 4) is 17.0 Å². The number of hydrogen-bond donors (Lipinski definition) is 1. The molecule has 2 aromatic carbocycles. The molecule has 27 heavy (non-hydrogen) atoms. The molecular weight excluding hydrogens is 340 g/mol. The Labute approximate surface area is 156 Å². The highest BCUT2D eigenvalue weighted by atomic mass is 16.5. The molecule has 0 amide bonds. The Balaban J connectivity index is 1.70. The lowest BCUT2D eigenvalue weighted by molar-refractivity contribution is 0.101. The van der Waals surface area contributed by atoms with Gasteiger partial charge in [0.15, 0.2) is 11.4 Å². The van der Waals surface area contributed by atoms with E-state index in [-0.39, 0.29) is 5.78 Å². The van der Waals surface area contributed by atoms with Gasteiger partial charge in [0.2, 0.25) is 5.95 Å². The Hall–Kier alpha value is -3.67. The summed E-state index contributed by atoms with van der Waals surface area (Å²) >= 11 is 0. The van der Waals surface area contributed by atoms with Crippen LogP contribution in [0.25, 0.3) is 16.9 Å². The zero-order valence-corrected chi connectivity index (χ0v) is 15.0. The van der Waals surface area contributed by atoms with Gasteiger partial charge in [-0.1, -0.05) is 18.2 Å². The summed E-state index contributed by atoms with van der Waals surface area (Å²) in [4.78, 5) is 16.1. The molecule has 0 aliphatic carbocycles. The average molecular weight is 358 g/mol. The number of rotatable bonds is 5. The van der Waals surface area contributed by atoms with Crippen molar-refractivity contribution in [3.63, 3.8) is 0 Å². The number of nitrogens with one attached hydrogen (secondary N) is 1. The molecule has 0 atom stereocenters. The molecule has 0 fully saturated rings. The summed E-state index contributed by atoms with van der Waals surface area (Å²) in [6.45, 7) is 1.55. The van der Waals surface area contributed by atoms with Crippen molar-refractivity contribution in [1.82, 2.24) is 14.6 Å². The van der Waals surface area contributed by atoms with Crippen LogP contribution >= 0.6 is 0 Å². The Morgan fingerprint density at radius 3 is 2.56 bits per heavy atom. The molecule has 6 nitrogen and oxygen atoms in total. The van der Waals surface area contributed by atoms with E-state index in [0.717, 1.165) is 28.3 Å². The van der Waals surface area contributed by atoms with Gasteiger partial charge in [0.25, 0.3) is 0 Å². The highest BCUT2D eigenvalue weighted by molar-refractivity contribution is 5.95. The lowest BCUT2D eigenvalue weighted by atomic mass is 10.1. The van der Waals surface area contributed by atoms with E-state index in [1.807, 2.05) is 54.6 Å². The Morgan fingerprint density at radius 2 is 1.81 bits per heavy atom. The van der Waals surface area contributed by atoms with Crippen LogP contribution in [0.2, 0.25) is 0 Å². The number of fused-ring (bicyclic) bond motifs is 1. The van der Waals surface area contributed by atoms with E-state index in [0.29, 0.717) is 11.5 Å². The van der Waals surface area contributed by atoms with Crippen LogP contribution in [0.15, 0.2) is 66.7 Å². The van der Waals surface area contributed by atoms with Crippen LogP contribution in [0.5, 0.6) is 5.75 Å². The van der Waals surface area contributed by atoms with E-state index >= 15 is 0 Å². The van der Waals surface area contributed by atoms with Crippen molar-refractivity contribution >= 4 is 23.1 Å². The molecule has 0 aliphatic heterocycles. The zero-order chi connectivity index (χ0) is 18.8. The number of aromatic nitrogens is 3. The first-order chi connectivity index (χ1) is 13.1. The number of pyridine rings is 1. The first-order valence-corrected chi connectivity index (χ1v) is 8.52. The second-order valence-corrected chi connectivity index (χ2v) is 6.11. The number of Topliss-reactive ketones (excluding diaryl/α,β-unsaturated/α-hetero) is 1. The Bertz CT molecular complexity index is 1120. The molecule has 2 aromatic heterocycles. The van der Waals surface area contributed by atoms with E-state index in [2.05, 4.69) is 15.4 Å². The molecule has 4 aromatic rings. The fourth-order valence-electron chi connectivity index (χ4n) is 2.88. The second-order valence-electron chi connectivity index (χ2n) is 6.11. The van der Waals surface area contributed by atoms with E-state index in [1.54, 1.807) is 30.7 Å². The largest absolute Gasteiger partial charge is 0.497 e. The minimum atomic E-state index is 0.0170. The molecule has 0 spiro atoms. The summed E-state index contributed by atoms with van der Waals surface area (Å²) in [6, 6.07) is 20.9. The molecule has 6 heteroatoms. The van der Waals surface area contributed by atoms with Gasteiger partial charge in [-0.2, -0.15) is 4.98 Å². The Kier molecular flexibility index (Phi) is 4.30. The maximum atomic E-state index is 11.6. The number of methoxy groups -OCH3 is 1. The molecule has 1 N–H and O–H groups in total. The smallest absolute Gasteiger partial charge is 0.247 e. The first kappa shape index (κ1) is 16.8. The minimum absolute atomic E-state index is 0.0170. The monoisotopic (exact) mass is 358 g/mol. The van der Waals surface area contributed by atoms with Crippen molar-refractivity contribution < 1.29 is 9.53 Å². The third kappa shape index (κ3) is 3.37. The van der Waals surface area contributed by atoms with Crippen LogP contribution in [0.3, 0.4) is 0 Å². The molecule has 0 radical (unpaired) electrons. The van der Waals surface area contributed by atoms with Gasteiger partial charge in [0.1, 0.15) is 5.75 Å². The average Bonchev–Trinajstić information content (AvgIpc) is 3.10. The third-order valence-electron chi connectivity index (χ3n) is 4.27. The van der Waals surface area contributed by atoms with Crippen LogP contribution in [0.4, 0.5) is 11.6 Å². The van der Waals surface area contributed by atoms with Gasteiger partial charge >= 0.3 is 0 Å². The summed E-state index contributed by atoms with van der Waals surface area (Å²) in [5.74, 6) is 1.29. The predicted octanol–water partition coefficient (Wildman–Crippen LogP) is 4.35. The summed E-state index contributed by atoms with van der Waals surface area (Å²) < 4.78 is 7.01. The number of carbonyl (C=O) groups is 1. The predicted molar refractivity (Wildman–Crippen MR) is 105 cm³/mol. The fourth-order valence-corrected chi connectivity index (χ4v) is 2.88. The summed E-state index contributed by atoms with van der Waals surface area (Å²) in [5.41, 5.74) is 4.07. The molecule has 134 valence electrons. The summed E-state index contributed by atoms with van der Waals surface area (Å²) in [5, 5.41) is 7.75. The number of carbonyl (C=O) groups excluding carboxylic acids is 1. The molecule has 0 bridgehead atoms.